The van der Waals surface area contributed by atoms with E-state index in [2.05, 4.69) is 219 Å². The van der Waals surface area contributed by atoms with Crippen LogP contribution < -0.4 is 9.64 Å². The summed E-state index contributed by atoms with van der Waals surface area (Å²) < 4.78 is 7.27. The van der Waals surface area contributed by atoms with Gasteiger partial charge in [0.1, 0.15) is 11.5 Å². The molecule has 2 aliphatic rings. The lowest BCUT2D eigenvalue weighted by atomic mass is 9.71. The van der Waals surface area contributed by atoms with Crippen molar-refractivity contribution < 1.29 is 4.74 Å². The zero-order valence-corrected chi connectivity index (χ0v) is 36.5. The van der Waals surface area contributed by atoms with Crippen LogP contribution in [0.2, 0.25) is 0 Å². The Hall–Kier alpha value is -8.08. The standard InChI is InChI=1S/C61H47N3O/c1-61(2)54-27-15-25-52(58(54)65-59-53(26-16-28-55(59)61)57-41-56(47-21-11-5-12-22-47)62-60(63-57)48-23-13-6-14-24-48)46-33-39-51(40-34-46)64(49-35-29-44(30-36-49)42-17-7-3-8-18-42)50-37-31-45(32-38-50)43-19-9-4-10-20-43/h3-14,16-24,26-41H,15,25H2,1-2H3. The third-order valence-electron chi connectivity index (χ3n) is 12.9. The molecule has 0 unspecified atom stereocenters. The Morgan fingerprint density at radius 2 is 0.908 bits per heavy atom. The zero-order valence-electron chi connectivity index (χ0n) is 36.5. The molecule has 1 aliphatic carbocycles. The van der Waals surface area contributed by atoms with E-state index >= 15 is 0 Å². The molecule has 0 spiro atoms. The number of hydrogen-bond acceptors (Lipinski definition) is 4. The van der Waals surface area contributed by atoms with Gasteiger partial charge in [0.15, 0.2) is 5.82 Å². The molecule has 312 valence electrons. The van der Waals surface area contributed by atoms with E-state index in [0.29, 0.717) is 5.82 Å². The summed E-state index contributed by atoms with van der Waals surface area (Å²) in [7, 11) is 0. The van der Waals surface area contributed by atoms with Gasteiger partial charge in [0.2, 0.25) is 0 Å². The number of para-hydroxylation sites is 1. The number of fused-ring (bicyclic) bond motifs is 2. The Morgan fingerprint density at radius 3 is 1.45 bits per heavy atom. The fraction of sp³-hybridized carbons (Fsp3) is 0.0820. The molecule has 2 heterocycles. The van der Waals surface area contributed by atoms with E-state index in [-0.39, 0.29) is 5.41 Å². The summed E-state index contributed by atoms with van der Waals surface area (Å²) in [4.78, 5) is 12.6. The Kier molecular flexibility index (Phi) is 10.3. The van der Waals surface area contributed by atoms with Gasteiger partial charge in [-0.3, -0.25) is 0 Å². The molecule has 0 bridgehead atoms. The molecule has 0 amide bonds. The fourth-order valence-electron chi connectivity index (χ4n) is 9.43. The van der Waals surface area contributed by atoms with Crippen molar-refractivity contribution in [3.05, 3.63) is 247 Å². The highest BCUT2D eigenvalue weighted by atomic mass is 16.5. The van der Waals surface area contributed by atoms with E-state index in [0.717, 1.165) is 80.6 Å². The summed E-state index contributed by atoms with van der Waals surface area (Å²) in [6, 6.07) is 77.1. The van der Waals surface area contributed by atoms with Gasteiger partial charge in [-0.25, -0.2) is 9.97 Å². The molecule has 0 saturated heterocycles. The van der Waals surface area contributed by atoms with Crippen LogP contribution in [0.4, 0.5) is 17.1 Å². The van der Waals surface area contributed by atoms with Crippen LogP contribution in [0.15, 0.2) is 236 Å². The number of anilines is 3. The van der Waals surface area contributed by atoms with Crippen LogP contribution in [0.25, 0.3) is 61.7 Å². The second kappa shape index (κ2) is 16.9. The lowest BCUT2D eigenvalue weighted by molar-refractivity contribution is 0.371. The van der Waals surface area contributed by atoms with Crippen LogP contribution >= 0.6 is 0 Å². The molecule has 1 aliphatic heterocycles. The largest absolute Gasteiger partial charge is 0.456 e. The zero-order chi connectivity index (χ0) is 43.7. The molecule has 9 aromatic rings. The lowest BCUT2D eigenvalue weighted by Gasteiger charge is -2.40. The second-order valence-corrected chi connectivity index (χ2v) is 17.3. The summed E-state index contributed by atoms with van der Waals surface area (Å²) in [6.07, 6.45) is 4.20. The Morgan fingerprint density at radius 1 is 0.446 bits per heavy atom. The highest BCUT2D eigenvalue weighted by Gasteiger charge is 2.40. The van der Waals surface area contributed by atoms with Crippen molar-refractivity contribution >= 4 is 22.6 Å². The number of aromatic nitrogens is 2. The maximum atomic E-state index is 7.27. The Bertz CT molecular complexity index is 3050. The normalized spacial score (nSPS) is 13.8. The number of ether oxygens (including phenoxy) is 1. The molecule has 4 heteroatoms. The summed E-state index contributed by atoms with van der Waals surface area (Å²) in [6.45, 7) is 4.65. The SMILES string of the molecule is CC1(C)C2=CCCC(c3ccc(N(c4ccc(-c5ccccc5)cc4)c4ccc(-c5ccccc5)cc4)cc3)=C2Oc2c(-c3cc(-c4ccccc4)nc(-c4ccccc4)n3)cccc21. The van der Waals surface area contributed by atoms with Crippen LogP contribution in [0.5, 0.6) is 5.75 Å². The van der Waals surface area contributed by atoms with Crippen molar-refractivity contribution in [1.29, 1.82) is 0 Å². The number of rotatable bonds is 9. The average Bonchev–Trinajstić information content (AvgIpc) is 3.38. The van der Waals surface area contributed by atoms with Crippen molar-refractivity contribution in [3.8, 4) is 61.9 Å². The summed E-state index contributed by atoms with van der Waals surface area (Å²) in [5.41, 5.74) is 17.1. The molecule has 1 aromatic heterocycles. The van der Waals surface area contributed by atoms with Gasteiger partial charge in [0.05, 0.1) is 11.4 Å². The van der Waals surface area contributed by atoms with E-state index in [4.69, 9.17) is 14.7 Å². The van der Waals surface area contributed by atoms with Gasteiger partial charge in [-0.2, -0.15) is 0 Å². The van der Waals surface area contributed by atoms with Gasteiger partial charge >= 0.3 is 0 Å². The molecule has 0 saturated carbocycles. The third-order valence-corrected chi connectivity index (χ3v) is 12.9. The van der Waals surface area contributed by atoms with Gasteiger partial charge < -0.3 is 9.64 Å². The van der Waals surface area contributed by atoms with Crippen LogP contribution in [-0.4, -0.2) is 9.97 Å². The first-order valence-corrected chi connectivity index (χ1v) is 22.5. The summed E-state index contributed by atoms with van der Waals surface area (Å²) in [5, 5.41) is 0. The first kappa shape index (κ1) is 39.7. The third kappa shape index (κ3) is 7.64. The first-order chi connectivity index (χ1) is 32.0. The van der Waals surface area contributed by atoms with Crippen molar-refractivity contribution in [2.24, 2.45) is 0 Å². The minimum Gasteiger partial charge on any atom is -0.456 e. The van der Waals surface area contributed by atoms with Crippen molar-refractivity contribution in [3.63, 3.8) is 0 Å². The lowest BCUT2D eigenvalue weighted by Crippen LogP contribution is -2.31. The predicted octanol–water partition coefficient (Wildman–Crippen LogP) is 16.1. The smallest absolute Gasteiger partial charge is 0.160 e. The topological polar surface area (TPSA) is 38.2 Å². The van der Waals surface area contributed by atoms with Crippen LogP contribution in [0.1, 0.15) is 37.8 Å². The summed E-state index contributed by atoms with van der Waals surface area (Å²) in [5.74, 6) is 2.47. The van der Waals surface area contributed by atoms with Crippen LogP contribution in [-0.2, 0) is 5.41 Å². The minimum atomic E-state index is -0.309. The maximum absolute atomic E-state index is 7.27. The van der Waals surface area contributed by atoms with Gasteiger partial charge in [0.25, 0.3) is 0 Å². The molecule has 0 fully saturated rings. The predicted molar refractivity (Wildman–Crippen MR) is 268 cm³/mol. The minimum absolute atomic E-state index is 0.309. The number of nitrogens with zero attached hydrogens (tertiary/aromatic N) is 3. The number of benzene rings is 8. The number of hydrogen-bond donors (Lipinski definition) is 0. The van der Waals surface area contributed by atoms with Crippen LogP contribution in [0.3, 0.4) is 0 Å². The molecule has 0 N–H and O–H groups in total. The second-order valence-electron chi connectivity index (χ2n) is 17.3. The molecular weight excluding hydrogens is 791 g/mol. The Balaban J connectivity index is 0.986. The first-order valence-electron chi connectivity index (χ1n) is 22.5. The van der Waals surface area contributed by atoms with Crippen LogP contribution in [0, 0.1) is 0 Å². The molecule has 8 aromatic carbocycles. The maximum Gasteiger partial charge on any atom is 0.160 e. The highest BCUT2D eigenvalue weighted by molar-refractivity contribution is 5.84. The van der Waals surface area contributed by atoms with Gasteiger partial charge in [-0.05, 0) is 89.2 Å². The monoisotopic (exact) mass is 837 g/mol. The summed E-state index contributed by atoms with van der Waals surface area (Å²) >= 11 is 0. The average molecular weight is 838 g/mol. The molecular formula is C61H47N3O. The molecule has 65 heavy (non-hydrogen) atoms. The van der Waals surface area contributed by atoms with E-state index in [9.17, 15) is 0 Å². The molecule has 0 atom stereocenters. The van der Waals surface area contributed by atoms with Gasteiger partial charge in [0, 0.05) is 55.9 Å². The van der Waals surface area contributed by atoms with E-state index in [1.165, 1.54) is 33.4 Å². The van der Waals surface area contributed by atoms with E-state index in [1.54, 1.807) is 0 Å². The number of allylic oxidation sites excluding steroid dienone is 3. The van der Waals surface area contributed by atoms with Gasteiger partial charge in [-0.1, -0.05) is 190 Å². The molecule has 0 radical (unpaired) electrons. The van der Waals surface area contributed by atoms with Crippen molar-refractivity contribution in [1.82, 2.24) is 9.97 Å². The molecule has 4 nitrogen and oxygen atoms in total. The van der Waals surface area contributed by atoms with Gasteiger partial charge in [-0.15, -0.1) is 0 Å². The Labute approximate surface area is 381 Å². The fourth-order valence-corrected chi connectivity index (χ4v) is 9.43. The van der Waals surface area contributed by atoms with E-state index in [1.807, 2.05) is 24.3 Å². The molecule has 11 rings (SSSR count). The highest BCUT2D eigenvalue weighted by Crippen LogP contribution is 2.53. The quantitative estimate of drug-likeness (QED) is 0.145. The van der Waals surface area contributed by atoms with E-state index < -0.39 is 0 Å². The van der Waals surface area contributed by atoms with Crippen molar-refractivity contribution in [2.75, 3.05) is 4.90 Å². The van der Waals surface area contributed by atoms with Crippen molar-refractivity contribution in [2.45, 2.75) is 32.1 Å².